The quantitative estimate of drug-likeness (QED) is 0.527. The predicted octanol–water partition coefficient (Wildman–Crippen LogP) is 3.70. The van der Waals surface area contributed by atoms with Gasteiger partial charge in [-0.1, -0.05) is 36.4 Å². The summed E-state index contributed by atoms with van der Waals surface area (Å²) < 4.78 is 0. The van der Waals surface area contributed by atoms with Crippen LogP contribution >= 0.6 is 0 Å². The Hall–Kier alpha value is -1.81. The maximum absolute atomic E-state index is 7.02. The van der Waals surface area contributed by atoms with E-state index in [2.05, 4.69) is 17.8 Å². The minimum atomic E-state index is 0.737. The second-order valence-electron chi connectivity index (χ2n) is 3.06. The third-order valence-electron chi connectivity index (χ3n) is 2.24. The molecule has 13 heavy (non-hydrogen) atoms. The van der Waals surface area contributed by atoms with Crippen LogP contribution in [0.25, 0.3) is 15.6 Å². The molecule has 2 aromatic carbocycles. The Balaban J connectivity index is 2.95. The van der Waals surface area contributed by atoms with Crippen molar-refractivity contribution in [1.29, 1.82) is 0 Å². The summed E-state index contributed by atoms with van der Waals surface area (Å²) in [6.07, 6.45) is 0. The monoisotopic (exact) mass is 167 g/mol. The molecular weight excluding hydrogens is 158 g/mol. The molecule has 0 atom stereocenters. The fourth-order valence-corrected chi connectivity index (χ4v) is 1.53. The second kappa shape index (κ2) is 2.91. The van der Waals surface area contributed by atoms with E-state index in [1.165, 1.54) is 10.9 Å². The van der Waals surface area contributed by atoms with E-state index < -0.39 is 0 Å². The normalized spacial score (nSPS) is 9.85. The number of hydrogen-bond donors (Lipinski definition) is 0. The van der Waals surface area contributed by atoms with E-state index in [4.69, 9.17) is 6.57 Å². The van der Waals surface area contributed by atoms with E-state index in [1.54, 1.807) is 0 Å². The maximum atomic E-state index is 7.02. The summed E-state index contributed by atoms with van der Waals surface area (Å²) in [6.45, 7) is 9.09. The Labute approximate surface area is 77.4 Å². The molecule has 2 aromatic rings. The SMILES string of the molecule is [C-]#[N+]c1ccc(C)c2ccccc12. The minimum absolute atomic E-state index is 0.737. The molecule has 0 bridgehead atoms. The van der Waals surface area contributed by atoms with Crippen molar-refractivity contribution in [2.75, 3.05) is 0 Å². The first kappa shape index (κ1) is 7.82. The van der Waals surface area contributed by atoms with Gasteiger partial charge in [0, 0.05) is 0 Å². The topological polar surface area (TPSA) is 4.36 Å². The summed E-state index contributed by atoms with van der Waals surface area (Å²) in [5.74, 6) is 0. The third kappa shape index (κ3) is 1.17. The van der Waals surface area contributed by atoms with Crippen LogP contribution in [0.3, 0.4) is 0 Å². The first-order chi connectivity index (χ1) is 6.33. The zero-order chi connectivity index (χ0) is 9.26. The van der Waals surface area contributed by atoms with Crippen LogP contribution in [0, 0.1) is 13.5 Å². The summed E-state index contributed by atoms with van der Waals surface area (Å²) in [6, 6.07) is 11.9. The van der Waals surface area contributed by atoms with E-state index in [0.29, 0.717) is 0 Å². The van der Waals surface area contributed by atoms with Gasteiger partial charge in [0.2, 0.25) is 0 Å². The summed E-state index contributed by atoms with van der Waals surface area (Å²) >= 11 is 0. The highest BCUT2D eigenvalue weighted by molar-refractivity contribution is 5.96. The van der Waals surface area contributed by atoms with Gasteiger partial charge in [0.1, 0.15) is 0 Å². The van der Waals surface area contributed by atoms with Gasteiger partial charge in [-0.05, 0) is 23.3 Å². The molecule has 1 nitrogen and oxygen atoms in total. The van der Waals surface area contributed by atoms with Crippen molar-refractivity contribution >= 4 is 16.5 Å². The minimum Gasteiger partial charge on any atom is -0.238 e. The number of aryl methyl sites for hydroxylation is 1. The Kier molecular flexibility index (Phi) is 1.75. The van der Waals surface area contributed by atoms with Gasteiger partial charge in [-0.15, -0.1) is 0 Å². The van der Waals surface area contributed by atoms with Crippen LogP contribution in [0.2, 0.25) is 0 Å². The highest BCUT2D eigenvalue weighted by atomic mass is 14.6. The Morgan fingerprint density at radius 3 is 2.38 bits per heavy atom. The second-order valence-corrected chi connectivity index (χ2v) is 3.06. The fraction of sp³-hybridized carbons (Fsp3) is 0.0833. The number of benzene rings is 2. The summed E-state index contributed by atoms with van der Waals surface area (Å²) in [4.78, 5) is 3.49. The van der Waals surface area contributed by atoms with Crippen molar-refractivity contribution in [3.63, 3.8) is 0 Å². The molecule has 1 heteroatoms. The van der Waals surface area contributed by atoms with Crippen molar-refractivity contribution in [3.05, 3.63) is 53.4 Å². The van der Waals surface area contributed by atoms with Crippen LogP contribution in [0.5, 0.6) is 0 Å². The fourth-order valence-electron chi connectivity index (χ4n) is 1.53. The van der Waals surface area contributed by atoms with Gasteiger partial charge in [-0.2, -0.15) is 0 Å². The van der Waals surface area contributed by atoms with Gasteiger partial charge in [-0.25, -0.2) is 4.85 Å². The molecule has 0 saturated carbocycles. The van der Waals surface area contributed by atoms with Crippen LogP contribution in [-0.4, -0.2) is 0 Å². The smallest absolute Gasteiger partial charge is 0.194 e. The molecule has 62 valence electrons. The lowest BCUT2D eigenvalue weighted by molar-refractivity contribution is 1.53. The molecule has 0 aliphatic heterocycles. The van der Waals surface area contributed by atoms with E-state index in [-0.39, 0.29) is 0 Å². The molecule has 0 heterocycles. The lowest BCUT2D eigenvalue weighted by Crippen LogP contribution is -1.76. The van der Waals surface area contributed by atoms with E-state index in [9.17, 15) is 0 Å². The van der Waals surface area contributed by atoms with Crippen LogP contribution in [0.15, 0.2) is 36.4 Å². The van der Waals surface area contributed by atoms with Crippen LogP contribution < -0.4 is 0 Å². The van der Waals surface area contributed by atoms with Crippen molar-refractivity contribution in [3.8, 4) is 0 Å². The number of nitrogens with zero attached hydrogens (tertiary/aromatic N) is 1. The zero-order valence-electron chi connectivity index (χ0n) is 7.41. The molecule has 0 radical (unpaired) electrons. The summed E-state index contributed by atoms with van der Waals surface area (Å²) in [5, 5.41) is 2.23. The van der Waals surface area contributed by atoms with Gasteiger partial charge >= 0.3 is 0 Å². The Morgan fingerprint density at radius 2 is 1.69 bits per heavy atom. The molecule has 0 spiro atoms. The lowest BCUT2D eigenvalue weighted by atomic mass is 10.0. The van der Waals surface area contributed by atoms with Gasteiger partial charge in [0.05, 0.1) is 6.57 Å². The molecule has 0 aromatic heterocycles. The Bertz CT molecular complexity index is 492. The predicted molar refractivity (Wildman–Crippen MR) is 54.9 cm³/mol. The van der Waals surface area contributed by atoms with Crippen molar-refractivity contribution in [2.24, 2.45) is 0 Å². The van der Waals surface area contributed by atoms with Crippen LogP contribution in [-0.2, 0) is 0 Å². The summed E-state index contributed by atoms with van der Waals surface area (Å²) in [5.41, 5.74) is 1.96. The van der Waals surface area contributed by atoms with Crippen molar-refractivity contribution in [1.82, 2.24) is 0 Å². The lowest BCUT2D eigenvalue weighted by Gasteiger charge is -2.02. The van der Waals surface area contributed by atoms with Gasteiger partial charge in [-0.3, -0.25) is 0 Å². The van der Waals surface area contributed by atoms with E-state index >= 15 is 0 Å². The molecule has 0 saturated heterocycles. The molecule has 0 unspecified atom stereocenters. The van der Waals surface area contributed by atoms with Gasteiger partial charge in [0.15, 0.2) is 5.69 Å². The molecular formula is C12H9N. The van der Waals surface area contributed by atoms with Crippen molar-refractivity contribution < 1.29 is 0 Å². The Morgan fingerprint density at radius 1 is 1.00 bits per heavy atom. The molecule has 0 aliphatic carbocycles. The standard InChI is InChI=1S/C12H9N/c1-9-7-8-12(13-2)11-6-4-3-5-10(9)11/h3-8H,1H3. The molecule has 0 fully saturated rings. The van der Waals surface area contributed by atoms with Crippen LogP contribution in [0.4, 0.5) is 5.69 Å². The number of hydrogen-bond acceptors (Lipinski definition) is 0. The highest BCUT2D eigenvalue weighted by Gasteiger charge is 2.00. The largest absolute Gasteiger partial charge is 0.238 e. The van der Waals surface area contributed by atoms with Crippen molar-refractivity contribution in [2.45, 2.75) is 6.92 Å². The average molecular weight is 167 g/mol. The molecule has 0 N–H and O–H groups in total. The first-order valence-corrected chi connectivity index (χ1v) is 4.19. The third-order valence-corrected chi connectivity index (χ3v) is 2.24. The average Bonchev–Trinajstić information content (AvgIpc) is 2.19. The highest BCUT2D eigenvalue weighted by Crippen LogP contribution is 2.27. The van der Waals surface area contributed by atoms with Crippen LogP contribution in [0.1, 0.15) is 5.56 Å². The number of fused-ring (bicyclic) bond motifs is 1. The summed E-state index contributed by atoms with van der Waals surface area (Å²) in [7, 11) is 0. The maximum Gasteiger partial charge on any atom is 0.194 e. The zero-order valence-corrected chi connectivity index (χ0v) is 7.41. The molecule has 0 aliphatic rings. The molecule has 2 rings (SSSR count). The van der Waals surface area contributed by atoms with Gasteiger partial charge in [0.25, 0.3) is 0 Å². The number of rotatable bonds is 0. The van der Waals surface area contributed by atoms with E-state index in [0.717, 1.165) is 11.1 Å². The first-order valence-electron chi connectivity index (χ1n) is 4.19. The van der Waals surface area contributed by atoms with Gasteiger partial charge < -0.3 is 0 Å². The van der Waals surface area contributed by atoms with E-state index in [1.807, 2.05) is 30.3 Å². The molecule has 0 amide bonds.